The third-order valence-corrected chi connectivity index (χ3v) is 3.41. The molecule has 0 aliphatic heterocycles. The third kappa shape index (κ3) is 6.57. The van der Waals surface area contributed by atoms with E-state index >= 15 is 0 Å². The van der Waals surface area contributed by atoms with Crippen molar-refractivity contribution in [3.05, 3.63) is 54.4 Å². The van der Waals surface area contributed by atoms with Gasteiger partial charge < -0.3 is 11.1 Å². The van der Waals surface area contributed by atoms with Gasteiger partial charge in [-0.05, 0) is 48.7 Å². The van der Waals surface area contributed by atoms with Crippen LogP contribution < -0.4 is 11.1 Å². The molecule has 1 atom stereocenters. The minimum absolute atomic E-state index is 0. The van der Waals surface area contributed by atoms with Crippen LogP contribution in [0.3, 0.4) is 0 Å². The Balaban J connectivity index is 0.00000242. The number of aromatic nitrogens is 1. The van der Waals surface area contributed by atoms with Gasteiger partial charge in [-0.15, -0.1) is 24.8 Å². The number of carbonyl (C=O) groups excluding carboxylic acids is 1. The predicted molar refractivity (Wildman–Crippen MR) is 99.0 cm³/mol. The molecule has 0 aliphatic rings. The molecule has 2 rings (SSSR count). The van der Waals surface area contributed by atoms with Gasteiger partial charge in [0.25, 0.3) is 0 Å². The van der Waals surface area contributed by atoms with Crippen LogP contribution in [0.5, 0.6) is 0 Å². The predicted octanol–water partition coefficient (Wildman–Crippen LogP) is 3.51. The van der Waals surface area contributed by atoms with Gasteiger partial charge in [0.05, 0.1) is 6.04 Å². The van der Waals surface area contributed by atoms with Gasteiger partial charge in [0, 0.05) is 18.8 Å². The zero-order valence-corrected chi connectivity index (χ0v) is 14.7. The summed E-state index contributed by atoms with van der Waals surface area (Å²) in [6.07, 6.45) is 4.77. The number of halogens is 2. The van der Waals surface area contributed by atoms with E-state index < -0.39 is 0 Å². The molecule has 1 amide bonds. The highest BCUT2D eigenvalue weighted by Gasteiger charge is 2.09. The molecule has 1 aromatic heterocycles. The van der Waals surface area contributed by atoms with Crippen LogP contribution in [0.2, 0.25) is 0 Å². The summed E-state index contributed by atoms with van der Waals surface area (Å²) in [7, 11) is 0. The first kappa shape index (κ1) is 21.4. The quantitative estimate of drug-likeness (QED) is 0.832. The highest BCUT2D eigenvalue weighted by molar-refractivity contribution is 5.85. The number of nitrogens with two attached hydrogens (primary N) is 1. The van der Waals surface area contributed by atoms with Gasteiger partial charge >= 0.3 is 0 Å². The van der Waals surface area contributed by atoms with Crippen LogP contribution >= 0.6 is 24.8 Å². The molecule has 126 valence electrons. The topological polar surface area (TPSA) is 68.0 Å². The molecule has 6 heteroatoms. The average Bonchev–Trinajstić information content (AvgIpc) is 2.54. The van der Waals surface area contributed by atoms with Gasteiger partial charge in [-0.2, -0.15) is 0 Å². The summed E-state index contributed by atoms with van der Waals surface area (Å²) < 4.78 is 0. The standard InChI is InChI=1S/C17H21N3O.2ClH/c1-13(20-17(21)3-2-10-18)14-4-6-15(7-5-14)16-8-11-19-12-9-16;;/h4-9,11-13H,2-3,10,18H2,1H3,(H,20,21);2*1H. The van der Waals surface area contributed by atoms with Crippen LogP contribution in [-0.2, 0) is 4.79 Å². The molecule has 0 radical (unpaired) electrons. The van der Waals surface area contributed by atoms with Crippen molar-refractivity contribution in [1.29, 1.82) is 0 Å². The Kier molecular flexibility index (Phi) is 10.2. The largest absolute Gasteiger partial charge is 0.350 e. The smallest absolute Gasteiger partial charge is 0.220 e. The second-order valence-electron chi connectivity index (χ2n) is 5.04. The molecule has 2 aromatic rings. The zero-order chi connectivity index (χ0) is 15.1. The molecule has 0 spiro atoms. The van der Waals surface area contributed by atoms with E-state index in [1.54, 1.807) is 12.4 Å². The first-order valence-electron chi connectivity index (χ1n) is 7.20. The summed E-state index contributed by atoms with van der Waals surface area (Å²) >= 11 is 0. The second-order valence-corrected chi connectivity index (χ2v) is 5.04. The Bertz CT molecular complexity index is 576. The van der Waals surface area contributed by atoms with Crippen LogP contribution in [0.15, 0.2) is 48.8 Å². The fourth-order valence-electron chi connectivity index (χ4n) is 2.17. The number of nitrogens with one attached hydrogen (secondary N) is 1. The molecule has 4 nitrogen and oxygen atoms in total. The van der Waals surface area contributed by atoms with E-state index in [-0.39, 0.29) is 36.8 Å². The van der Waals surface area contributed by atoms with Gasteiger partial charge in [-0.3, -0.25) is 9.78 Å². The van der Waals surface area contributed by atoms with E-state index in [2.05, 4.69) is 22.4 Å². The lowest BCUT2D eigenvalue weighted by Gasteiger charge is -2.15. The molecular weight excluding hydrogens is 333 g/mol. The van der Waals surface area contributed by atoms with Crippen molar-refractivity contribution in [2.24, 2.45) is 5.73 Å². The van der Waals surface area contributed by atoms with Gasteiger partial charge in [0.2, 0.25) is 5.91 Å². The Morgan fingerprint density at radius 1 is 1.09 bits per heavy atom. The summed E-state index contributed by atoms with van der Waals surface area (Å²) in [6.45, 7) is 2.53. The molecule has 0 bridgehead atoms. The minimum Gasteiger partial charge on any atom is -0.350 e. The zero-order valence-electron chi connectivity index (χ0n) is 13.1. The lowest BCUT2D eigenvalue weighted by atomic mass is 10.0. The molecule has 1 aromatic carbocycles. The number of rotatable bonds is 6. The normalized spacial score (nSPS) is 10.9. The van der Waals surface area contributed by atoms with E-state index in [9.17, 15) is 4.79 Å². The molecular formula is C17H23Cl2N3O. The van der Waals surface area contributed by atoms with Gasteiger partial charge in [-0.25, -0.2) is 0 Å². The summed E-state index contributed by atoms with van der Waals surface area (Å²) in [5.41, 5.74) is 8.77. The number of pyridine rings is 1. The summed E-state index contributed by atoms with van der Waals surface area (Å²) in [4.78, 5) is 15.7. The maximum Gasteiger partial charge on any atom is 0.220 e. The lowest BCUT2D eigenvalue weighted by molar-refractivity contribution is -0.121. The summed E-state index contributed by atoms with van der Waals surface area (Å²) in [5, 5.41) is 2.99. The van der Waals surface area contributed by atoms with E-state index in [0.717, 1.165) is 23.1 Å². The molecule has 0 aliphatic carbocycles. The van der Waals surface area contributed by atoms with Crippen molar-refractivity contribution in [2.75, 3.05) is 6.54 Å². The molecule has 3 N–H and O–H groups in total. The highest BCUT2D eigenvalue weighted by Crippen LogP contribution is 2.21. The van der Waals surface area contributed by atoms with Crippen molar-refractivity contribution in [1.82, 2.24) is 10.3 Å². The SMILES string of the molecule is CC(NC(=O)CCCN)c1ccc(-c2ccncc2)cc1.Cl.Cl. The lowest BCUT2D eigenvalue weighted by Crippen LogP contribution is -2.26. The molecule has 0 saturated carbocycles. The number of hydrogen-bond acceptors (Lipinski definition) is 3. The first-order chi connectivity index (χ1) is 10.2. The number of amides is 1. The van der Waals surface area contributed by atoms with Crippen LogP contribution in [0.1, 0.15) is 31.4 Å². The van der Waals surface area contributed by atoms with Crippen LogP contribution in [0.4, 0.5) is 0 Å². The van der Waals surface area contributed by atoms with Crippen molar-refractivity contribution >= 4 is 30.7 Å². The average molecular weight is 356 g/mol. The maximum atomic E-state index is 11.7. The van der Waals surface area contributed by atoms with E-state index in [1.807, 2.05) is 31.2 Å². The molecule has 1 heterocycles. The number of hydrogen-bond donors (Lipinski definition) is 2. The van der Waals surface area contributed by atoms with Gasteiger partial charge in [0.15, 0.2) is 0 Å². The Morgan fingerprint density at radius 3 is 2.22 bits per heavy atom. The third-order valence-electron chi connectivity index (χ3n) is 3.41. The maximum absolute atomic E-state index is 11.7. The van der Waals surface area contributed by atoms with Crippen LogP contribution in [0.25, 0.3) is 11.1 Å². The van der Waals surface area contributed by atoms with Crippen molar-refractivity contribution in [2.45, 2.75) is 25.8 Å². The Morgan fingerprint density at radius 2 is 1.65 bits per heavy atom. The van der Waals surface area contributed by atoms with Gasteiger partial charge in [-0.1, -0.05) is 24.3 Å². The van der Waals surface area contributed by atoms with Gasteiger partial charge in [0.1, 0.15) is 0 Å². The highest BCUT2D eigenvalue weighted by atomic mass is 35.5. The summed E-state index contributed by atoms with van der Waals surface area (Å²) in [6, 6.07) is 12.2. The fraction of sp³-hybridized carbons (Fsp3) is 0.294. The monoisotopic (exact) mass is 355 g/mol. The first-order valence-corrected chi connectivity index (χ1v) is 7.20. The molecule has 23 heavy (non-hydrogen) atoms. The van der Waals surface area contributed by atoms with E-state index in [0.29, 0.717) is 13.0 Å². The van der Waals surface area contributed by atoms with Crippen molar-refractivity contribution in [3.8, 4) is 11.1 Å². The molecule has 0 saturated heterocycles. The van der Waals surface area contributed by atoms with Crippen molar-refractivity contribution < 1.29 is 4.79 Å². The Hall–Kier alpha value is -1.62. The molecule has 0 fully saturated rings. The van der Waals surface area contributed by atoms with E-state index in [1.165, 1.54) is 0 Å². The summed E-state index contributed by atoms with van der Waals surface area (Å²) in [5.74, 6) is 0.0474. The number of nitrogens with zero attached hydrogens (tertiary/aromatic N) is 1. The van der Waals surface area contributed by atoms with Crippen molar-refractivity contribution in [3.63, 3.8) is 0 Å². The van der Waals surface area contributed by atoms with E-state index in [4.69, 9.17) is 5.73 Å². The number of carbonyl (C=O) groups is 1. The van der Waals surface area contributed by atoms with Crippen LogP contribution in [-0.4, -0.2) is 17.4 Å². The Labute approximate surface area is 149 Å². The van der Waals surface area contributed by atoms with Crippen LogP contribution in [0, 0.1) is 0 Å². The number of benzene rings is 1. The minimum atomic E-state index is 0. The molecule has 1 unspecified atom stereocenters. The second kappa shape index (κ2) is 11.0. The fourth-order valence-corrected chi connectivity index (χ4v) is 2.17.